The number of fused-ring (bicyclic) bond motifs is 1. The van der Waals surface area contributed by atoms with Crippen molar-refractivity contribution in [2.45, 2.75) is 6.04 Å². The van der Waals surface area contributed by atoms with Crippen LogP contribution >= 0.6 is 11.3 Å². The third-order valence-corrected chi connectivity index (χ3v) is 5.35. The maximum atomic E-state index is 5.84. The first kappa shape index (κ1) is 15.2. The van der Waals surface area contributed by atoms with Gasteiger partial charge in [0.1, 0.15) is 11.6 Å². The fourth-order valence-electron chi connectivity index (χ4n) is 3.18. The molecule has 4 N–H and O–H groups in total. The number of anilines is 3. The van der Waals surface area contributed by atoms with Gasteiger partial charge in [0.05, 0.1) is 6.04 Å². The van der Waals surface area contributed by atoms with Gasteiger partial charge in [-0.05, 0) is 22.4 Å². The van der Waals surface area contributed by atoms with Crippen LogP contribution in [0, 0.1) is 0 Å². The fourth-order valence-corrected chi connectivity index (χ4v) is 4.19. The van der Waals surface area contributed by atoms with Crippen LogP contribution in [0.25, 0.3) is 10.1 Å². The normalized spacial score (nSPS) is 18.0. The minimum atomic E-state index is 0.282. The second-order valence-electron chi connectivity index (χ2n) is 5.86. The van der Waals surface area contributed by atoms with Crippen LogP contribution in [0.5, 0.6) is 0 Å². The Hall–Kier alpha value is -2.38. The highest BCUT2D eigenvalue weighted by Gasteiger charge is 2.24. The van der Waals surface area contributed by atoms with E-state index in [-0.39, 0.29) is 6.04 Å². The number of hydrogen-bond donors (Lipinski definition) is 3. The van der Waals surface area contributed by atoms with E-state index in [1.807, 2.05) is 13.1 Å². The molecule has 0 aliphatic carbocycles. The van der Waals surface area contributed by atoms with E-state index in [4.69, 9.17) is 5.73 Å². The Balaban J connectivity index is 1.63. The average molecular weight is 340 g/mol. The van der Waals surface area contributed by atoms with Gasteiger partial charge in [-0.25, -0.2) is 0 Å². The van der Waals surface area contributed by atoms with Crippen molar-refractivity contribution < 1.29 is 0 Å². The zero-order valence-corrected chi connectivity index (χ0v) is 14.3. The van der Waals surface area contributed by atoms with Crippen LogP contribution in [-0.2, 0) is 0 Å². The van der Waals surface area contributed by atoms with Gasteiger partial charge in [0.15, 0.2) is 0 Å². The minimum absolute atomic E-state index is 0.282. The summed E-state index contributed by atoms with van der Waals surface area (Å²) in [6, 6.07) is 10.8. The Bertz CT molecular complexity index is 861. The molecule has 1 saturated heterocycles. The second kappa shape index (κ2) is 6.26. The van der Waals surface area contributed by atoms with Crippen LogP contribution in [0.4, 0.5) is 17.6 Å². The van der Waals surface area contributed by atoms with Crippen molar-refractivity contribution >= 4 is 39.0 Å². The molecule has 0 saturated carbocycles. The van der Waals surface area contributed by atoms with E-state index >= 15 is 0 Å². The molecule has 0 bridgehead atoms. The summed E-state index contributed by atoms with van der Waals surface area (Å²) in [5.74, 6) is 1.92. The monoisotopic (exact) mass is 340 g/mol. The summed E-state index contributed by atoms with van der Waals surface area (Å²) in [6.45, 7) is 2.67. The zero-order valence-electron chi connectivity index (χ0n) is 13.5. The first-order valence-electron chi connectivity index (χ1n) is 8.01. The lowest BCUT2D eigenvalue weighted by Crippen LogP contribution is -2.46. The van der Waals surface area contributed by atoms with E-state index in [2.05, 4.69) is 55.1 Å². The molecular weight excluding hydrogens is 320 g/mol. The van der Waals surface area contributed by atoms with E-state index in [9.17, 15) is 0 Å². The Morgan fingerprint density at radius 2 is 2.21 bits per heavy atom. The number of rotatable bonds is 3. The molecule has 2 aromatic heterocycles. The van der Waals surface area contributed by atoms with Crippen LogP contribution < -0.4 is 21.3 Å². The summed E-state index contributed by atoms with van der Waals surface area (Å²) in [5, 5.41) is 10.3. The van der Waals surface area contributed by atoms with Gasteiger partial charge in [0, 0.05) is 37.4 Å². The topological polar surface area (TPSA) is 79.1 Å². The predicted molar refractivity (Wildman–Crippen MR) is 101 cm³/mol. The van der Waals surface area contributed by atoms with Crippen molar-refractivity contribution in [3.63, 3.8) is 0 Å². The van der Waals surface area contributed by atoms with Crippen LogP contribution in [0.1, 0.15) is 11.6 Å². The molecule has 6 nitrogen and oxygen atoms in total. The molecule has 24 heavy (non-hydrogen) atoms. The number of benzene rings is 1. The van der Waals surface area contributed by atoms with Gasteiger partial charge in [-0.3, -0.25) is 0 Å². The Labute approximate surface area is 144 Å². The lowest BCUT2D eigenvalue weighted by Gasteiger charge is -2.34. The highest BCUT2D eigenvalue weighted by atomic mass is 32.1. The first-order chi connectivity index (χ1) is 11.7. The molecule has 7 heteroatoms. The zero-order chi connectivity index (χ0) is 16.5. The molecule has 1 fully saturated rings. The maximum Gasteiger partial charge on any atom is 0.223 e. The van der Waals surface area contributed by atoms with Crippen molar-refractivity contribution in [1.29, 1.82) is 0 Å². The van der Waals surface area contributed by atoms with Crippen molar-refractivity contribution in [3.8, 4) is 0 Å². The van der Waals surface area contributed by atoms with Crippen molar-refractivity contribution in [2.24, 2.45) is 0 Å². The standard InChI is InChI=1S/C17H20N6S/c1-19-15-8-16(22-17(18)21-15)23-7-6-20-13(9-23)12-10-24-14-5-3-2-4-11(12)14/h2-5,8,10,13,20H,6-7,9H2,1H3,(H3,18,19,21,22). The Morgan fingerprint density at radius 1 is 1.33 bits per heavy atom. The molecule has 3 heterocycles. The second-order valence-corrected chi connectivity index (χ2v) is 6.77. The lowest BCUT2D eigenvalue weighted by atomic mass is 10.0. The fraction of sp³-hybridized carbons (Fsp3) is 0.294. The van der Waals surface area contributed by atoms with Gasteiger partial charge < -0.3 is 21.3 Å². The average Bonchev–Trinajstić information content (AvgIpc) is 3.05. The van der Waals surface area contributed by atoms with Gasteiger partial charge in [-0.1, -0.05) is 18.2 Å². The highest BCUT2D eigenvalue weighted by Crippen LogP contribution is 2.32. The van der Waals surface area contributed by atoms with E-state index in [1.165, 1.54) is 15.6 Å². The SMILES string of the molecule is CNc1cc(N2CCNC(c3csc4ccccc34)C2)nc(N)n1. The summed E-state index contributed by atoms with van der Waals surface area (Å²) in [5.41, 5.74) is 7.20. The number of nitrogens with one attached hydrogen (secondary N) is 2. The van der Waals surface area contributed by atoms with Crippen molar-refractivity contribution in [1.82, 2.24) is 15.3 Å². The number of piperazine rings is 1. The van der Waals surface area contributed by atoms with Crippen LogP contribution in [-0.4, -0.2) is 36.6 Å². The van der Waals surface area contributed by atoms with Crippen molar-refractivity contribution in [2.75, 3.05) is 42.6 Å². The predicted octanol–water partition coefficient (Wildman–Crippen LogP) is 2.47. The molecule has 1 unspecified atom stereocenters. The number of aromatic nitrogens is 2. The third-order valence-electron chi connectivity index (χ3n) is 4.37. The van der Waals surface area contributed by atoms with Crippen molar-refractivity contribution in [3.05, 3.63) is 41.3 Å². The molecule has 1 aliphatic heterocycles. The minimum Gasteiger partial charge on any atom is -0.373 e. The molecule has 1 aromatic carbocycles. The number of thiophene rings is 1. The van der Waals surface area contributed by atoms with Crippen LogP contribution in [0.2, 0.25) is 0 Å². The molecule has 1 aliphatic rings. The van der Waals surface area contributed by atoms with Gasteiger partial charge in [0.2, 0.25) is 5.95 Å². The molecule has 124 valence electrons. The molecule has 0 spiro atoms. The molecular formula is C17H20N6S. The summed E-state index contributed by atoms with van der Waals surface area (Å²) in [7, 11) is 1.84. The Kier molecular flexibility index (Phi) is 3.95. The largest absolute Gasteiger partial charge is 0.373 e. The smallest absolute Gasteiger partial charge is 0.223 e. The highest BCUT2D eigenvalue weighted by molar-refractivity contribution is 7.17. The number of nitrogens with zero attached hydrogens (tertiary/aromatic N) is 3. The van der Waals surface area contributed by atoms with E-state index in [1.54, 1.807) is 11.3 Å². The summed E-state index contributed by atoms with van der Waals surface area (Å²) < 4.78 is 1.33. The molecule has 1 atom stereocenters. The molecule has 3 aromatic rings. The number of nitrogen functional groups attached to an aromatic ring is 1. The van der Waals surface area contributed by atoms with Crippen LogP contribution in [0.15, 0.2) is 35.7 Å². The van der Waals surface area contributed by atoms with Gasteiger partial charge in [-0.2, -0.15) is 9.97 Å². The first-order valence-corrected chi connectivity index (χ1v) is 8.89. The van der Waals surface area contributed by atoms with E-state index < -0.39 is 0 Å². The van der Waals surface area contributed by atoms with E-state index in [0.29, 0.717) is 5.95 Å². The van der Waals surface area contributed by atoms with Gasteiger partial charge in [0.25, 0.3) is 0 Å². The van der Waals surface area contributed by atoms with Gasteiger partial charge in [-0.15, -0.1) is 11.3 Å². The quantitative estimate of drug-likeness (QED) is 0.680. The lowest BCUT2D eigenvalue weighted by molar-refractivity contribution is 0.472. The number of nitrogens with two attached hydrogens (primary N) is 1. The third kappa shape index (κ3) is 2.76. The van der Waals surface area contributed by atoms with E-state index in [0.717, 1.165) is 31.3 Å². The molecule has 0 amide bonds. The maximum absolute atomic E-state index is 5.84. The number of hydrogen-bond acceptors (Lipinski definition) is 7. The Morgan fingerprint density at radius 3 is 3.08 bits per heavy atom. The summed E-state index contributed by atoms with van der Waals surface area (Å²) in [4.78, 5) is 10.9. The molecule has 4 rings (SSSR count). The summed E-state index contributed by atoms with van der Waals surface area (Å²) >= 11 is 1.80. The molecule has 0 radical (unpaired) electrons. The van der Waals surface area contributed by atoms with Gasteiger partial charge >= 0.3 is 0 Å². The summed E-state index contributed by atoms with van der Waals surface area (Å²) in [6.07, 6.45) is 0. The van der Waals surface area contributed by atoms with Crippen LogP contribution in [0.3, 0.4) is 0 Å².